The van der Waals surface area contributed by atoms with E-state index in [1.165, 1.54) is 13.2 Å². The first-order valence-corrected chi connectivity index (χ1v) is 10.9. The smallest absolute Gasteiger partial charge is 0.437 e. The number of hydrogen-bond donors (Lipinski definition) is 1. The molecule has 0 unspecified atom stereocenters. The standard InChI is InChI=1S/C24H25F3N4O3/c1-33-19-8-7-15(13-20(19)34-2)14-28-23(32)16-9-11-31(12-10-16)22-21(24(25,26)27)29-17-5-3-4-6-18(17)30-22/h3-8,13,16H,9-12,14H2,1-2H3,(H,28,32). The van der Waals surface area contributed by atoms with E-state index in [0.717, 1.165) is 5.56 Å². The third-order valence-electron chi connectivity index (χ3n) is 5.90. The molecule has 1 aliphatic rings. The first kappa shape index (κ1) is 23.6. The Bertz CT molecular complexity index is 1180. The molecule has 0 spiro atoms. The van der Waals surface area contributed by atoms with Gasteiger partial charge in [-0.05, 0) is 42.7 Å². The molecule has 0 bridgehead atoms. The molecule has 0 radical (unpaired) electrons. The lowest BCUT2D eigenvalue weighted by atomic mass is 9.95. The van der Waals surface area contributed by atoms with Crippen molar-refractivity contribution in [2.75, 3.05) is 32.2 Å². The lowest BCUT2D eigenvalue weighted by Crippen LogP contribution is -2.41. The third-order valence-corrected chi connectivity index (χ3v) is 5.90. The van der Waals surface area contributed by atoms with Crippen LogP contribution in [-0.2, 0) is 17.5 Å². The van der Waals surface area contributed by atoms with Crippen LogP contribution >= 0.6 is 0 Å². The van der Waals surface area contributed by atoms with Crippen LogP contribution in [0.25, 0.3) is 11.0 Å². The van der Waals surface area contributed by atoms with Gasteiger partial charge >= 0.3 is 6.18 Å². The van der Waals surface area contributed by atoms with Gasteiger partial charge < -0.3 is 19.7 Å². The highest BCUT2D eigenvalue weighted by Crippen LogP contribution is 2.36. The van der Waals surface area contributed by atoms with E-state index >= 15 is 0 Å². The number of para-hydroxylation sites is 2. The maximum Gasteiger partial charge on any atom is 0.437 e. The lowest BCUT2D eigenvalue weighted by molar-refractivity contribution is -0.140. The largest absolute Gasteiger partial charge is 0.493 e. The van der Waals surface area contributed by atoms with E-state index in [1.54, 1.807) is 42.3 Å². The van der Waals surface area contributed by atoms with Crippen molar-refractivity contribution >= 4 is 22.8 Å². The third kappa shape index (κ3) is 5.00. The number of benzene rings is 2. The van der Waals surface area contributed by atoms with Crippen LogP contribution in [0.4, 0.5) is 19.0 Å². The molecule has 2 aromatic carbocycles. The number of carbonyl (C=O) groups is 1. The number of piperidine rings is 1. The summed E-state index contributed by atoms with van der Waals surface area (Å²) >= 11 is 0. The molecule has 1 saturated heterocycles. The van der Waals surface area contributed by atoms with Crippen LogP contribution in [0, 0.1) is 5.92 Å². The summed E-state index contributed by atoms with van der Waals surface area (Å²) in [5.74, 6) is 0.559. The number of nitrogens with zero attached hydrogens (tertiary/aromatic N) is 3. The van der Waals surface area contributed by atoms with Crippen LogP contribution < -0.4 is 19.7 Å². The average Bonchev–Trinajstić information content (AvgIpc) is 2.85. The Labute approximate surface area is 194 Å². The fraction of sp³-hybridized carbons (Fsp3) is 0.375. The summed E-state index contributed by atoms with van der Waals surface area (Å²) < 4.78 is 51.6. The minimum absolute atomic E-state index is 0.130. The van der Waals surface area contributed by atoms with E-state index in [0.29, 0.717) is 36.4 Å². The fourth-order valence-corrected chi connectivity index (χ4v) is 4.08. The number of aromatic nitrogens is 2. The van der Waals surface area contributed by atoms with Crippen LogP contribution in [-0.4, -0.2) is 43.2 Å². The molecule has 4 rings (SSSR count). The Morgan fingerprint density at radius 3 is 2.29 bits per heavy atom. The number of ether oxygens (including phenoxy) is 2. The van der Waals surface area contributed by atoms with E-state index < -0.39 is 11.9 Å². The molecule has 1 N–H and O–H groups in total. The first-order chi connectivity index (χ1) is 16.3. The summed E-state index contributed by atoms with van der Waals surface area (Å²) in [6.07, 6.45) is -3.78. The van der Waals surface area contributed by atoms with Crippen molar-refractivity contribution < 1.29 is 27.4 Å². The molecule has 34 heavy (non-hydrogen) atoms. The summed E-state index contributed by atoms with van der Waals surface area (Å²) in [6.45, 7) is 0.878. The maximum atomic E-state index is 13.7. The van der Waals surface area contributed by atoms with Crippen molar-refractivity contribution in [2.45, 2.75) is 25.6 Å². The first-order valence-electron chi connectivity index (χ1n) is 10.9. The topological polar surface area (TPSA) is 76.6 Å². The fourth-order valence-electron chi connectivity index (χ4n) is 4.08. The van der Waals surface area contributed by atoms with Crippen LogP contribution in [0.3, 0.4) is 0 Å². The van der Waals surface area contributed by atoms with Gasteiger partial charge in [-0.25, -0.2) is 9.97 Å². The van der Waals surface area contributed by atoms with Gasteiger partial charge in [0.1, 0.15) is 0 Å². The van der Waals surface area contributed by atoms with Gasteiger partial charge in [0.05, 0.1) is 25.3 Å². The van der Waals surface area contributed by atoms with E-state index in [-0.39, 0.29) is 36.2 Å². The molecule has 0 saturated carbocycles. The zero-order valence-corrected chi connectivity index (χ0v) is 18.9. The van der Waals surface area contributed by atoms with E-state index in [1.807, 2.05) is 6.07 Å². The minimum Gasteiger partial charge on any atom is -0.493 e. The van der Waals surface area contributed by atoms with Gasteiger partial charge in [-0.3, -0.25) is 4.79 Å². The molecule has 1 fully saturated rings. The van der Waals surface area contributed by atoms with Crippen molar-refractivity contribution in [2.24, 2.45) is 5.92 Å². The molecule has 180 valence electrons. The normalized spacial score (nSPS) is 14.8. The number of nitrogens with one attached hydrogen (secondary N) is 1. The summed E-state index contributed by atoms with van der Waals surface area (Å²) in [5.41, 5.74) is 0.454. The zero-order chi connectivity index (χ0) is 24.3. The average molecular weight is 474 g/mol. The Morgan fingerprint density at radius 2 is 1.68 bits per heavy atom. The second-order valence-electron chi connectivity index (χ2n) is 8.05. The zero-order valence-electron chi connectivity index (χ0n) is 18.9. The molecule has 1 aliphatic heterocycles. The van der Waals surface area contributed by atoms with E-state index in [4.69, 9.17) is 9.47 Å². The van der Waals surface area contributed by atoms with Crippen molar-refractivity contribution in [1.29, 1.82) is 0 Å². The predicted molar refractivity (Wildman–Crippen MR) is 121 cm³/mol. The quantitative estimate of drug-likeness (QED) is 0.577. The van der Waals surface area contributed by atoms with Crippen LogP contribution in [0.15, 0.2) is 42.5 Å². The highest BCUT2D eigenvalue weighted by atomic mass is 19.4. The number of fused-ring (bicyclic) bond motifs is 1. The number of alkyl halides is 3. The number of hydrogen-bond acceptors (Lipinski definition) is 6. The minimum atomic E-state index is -4.62. The highest BCUT2D eigenvalue weighted by molar-refractivity contribution is 5.79. The molecule has 7 nitrogen and oxygen atoms in total. The molecular weight excluding hydrogens is 449 g/mol. The number of anilines is 1. The highest BCUT2D eigenvalue weighted by Gasteiger charge is 2.39. The van der Waals surface area contributed by atoms with Crippen LogP contribution in [0.5, 0.6) is 11.5 Å². The monoisotopic (exact) mass is 474 g/mol. The molecular formula is C24H25F3N4O3. The summed E-state index contributed by atoms with van der Waals surface area (Å²) in [5, 5.41) is 2.91. The second-order valence-corrected chi connectivity index (χ2v) is 8.05. The van der Waals surface area contributed by atoms with Gasteiger partial charge in [0.25, 0.3) is 0 Å². The lowest BCUT2D eigenvalue weighted by Gasteiger charge is -2.33. The molecule has 10 heteroatoms. The Hall–Kier alpha value is -3.56. The van der Waals surface area contributed by atoms with Crippen LogP contribution in [0.2, 0.25) is 0 Å². The van der Waals surface area contributed by atoms with Gasteiger partial charge in [-0.2, -0.15) is 13.2 Å². The van der Waals surface area contributed by atoms with E-state index in [2.05, 4.69) is 15.3 Å². The van der Waals surface area contributed by atoms with Crippen molar-refractivity contribution in [3.05, 3.63) is 53.7 Å². The second kappa shape index (κ2) is 9.74. The van der Waals surface area contributed by atoms with Gasteiger partial charge in [-0.1, -0.05) is 18.2 Å². The maximum absolute atomic E-state index is 13.7. The van der Waals surface area contributed by atoms with Gasteiger partial charge in [0, 0.05) is 25.6 Å². The molecule has 3 aromatic rings. The van der Waals surface area contributed by atoms with Gasteiger partial charge in [0.2, 0.25) is 5.91 Å². The molecule has 1 aromatic heterocycles. The molecule has 2 heterocycles. The number of amides is 1. The summed E-state index contributed by atoms with van der Waals surface area (Å²) in [6, 6.07) is 11.9. The Kier molecular flexibility index (Phi) is 6.76. The van der Waals surface area contributed by atoms with Crippen molar-refractivity contribution in [1.82, 2.24) is 15.3 Å². The number of methoxy groups -OCH3 is 2. The summed E-state index contributed by atoms with van der Waals surface area (Å²) in [7, 11) is 3.09. The molecule has 1 amide bonds. The SMILES string of the molecule is COc1ccc(CNC(=O)C2CCN(c3nc4ccccc4nc3C(F)(F)F)CC2)cc1OC. The van der Waals surface area contributed by atoms with Gasteiger partial charge in [0.15, 0.2) is 23.0 Å². The van der Waals surface area contributed by atoms with E-state index in [9.17, 15) is 18.0 Å². The Morgan fingerprint density at radius 1 is 1.03 bits per heavy atom. The predicted octanol–water partition coefficient (Wildman–Crippen LogP) is 4.20. The van der Waals surface area contributed by atoms with Crippen molar-refractivity contribution in [3.63, 3.8) is 0 Å². The van der Waals surface area contributed by atoms with Gasteiger partial charge in [-0.15, -0.1) is 0 Å². The molecule has 0 aliphatic carbocycles. The van der Waals surface area contributed by atoms with Crippen molar-refractivity contribution in [3.8, 4) is 11.5 Å². The molecule has 0 atom stereocenters. The number of carbonyl (C=O) groups excluding carboxylic acids is 1. The summed E-state index contributed by atoms with van der Waals surface area (Å²) in [4.78, 5) is 22.4. The number of rotatable bonds is 6. The number of halogens is 3. The Balaban J connectivity index is 1.41. The van der Waals surface area contributed by atoms with Crippen LogP contribution in [0.1, 0.15) is 24.1 Å².